The van der Waals surface area contributed by atoms with Crippen LogP contribution in [0.2, 0.25) is 0 Å². The van der Waals surface area contributed by atoms with Crippen LogP contribution in [0.3, 0.4) is 0 Å². The molecule has 1 saturated carbocycles. The summed E-state index contributed by atoms with van der Waals surface area (Å²) < 4.78 is 53.9. The number of hydrogen-bond acceptors (Lipinski definition) is 18. The van der Waals surface area contributed by atoms with E-state index in [9.17, 15) is 28.8 Å². The van der Waals surface area contributed by atoms with Crippen molar-refractivity contribution in [2.24, 2.45) is 5.92 Å². The summed E-state index contributed by atoms with van der Waals surface area (Å²) in [7, 11) is 7.83. The van der Waals surface area contributed by atoms with E-state index in [1.54, 1.807) is 51.3 Å². The van der Waals surface area contributed by atoms with Crippen molar-refractivity contribution >= 4 is 47.1 Å². The highest BCUT2D eigenvalue weighted by Crippen LogP contribution is 2.45. The zero-order chi connectivity index (χ0) is 60.0. The van der Waals surface area contributed by atoms with E-state index in [2.05, 4.69) is 20.9 Å². The largest absolute Gasteiger partial charge is 0.493 e. The third-order valence-electron chi connectivity index (χ3n) is 15.9. The number of carbonyl (C=O) groups excluding carboxylic acids is 7. The van der Waals surface area contributed by atoms with Gasteiger partial charge >= 0.3 is 5.97 Å². The Balaban J connectivity index is 0.795. The molecule has 4 aliphatic rings. The van der Waals surface area contributed by atoms with Crippen molar-refractivity contribution in [1.82, 2.24) is 30.1 Å². The maximum absolute atomic E-state index is 15.2. The summed E-state index contributed by atoms with van der Waals surface area (Å²) in [6.45, 7) is 0.963. The lowest BCUT2D eigenvalue weighted by Crippen LogP contribution is -2.54. The molecule has 3 unspecified atom stereocenters. The SMILES string of the molecule is COc1ccc(CCC(OC(=O)[C@@H]2CCCCN2C(=O)C(c2cc(OC)c(OC)c(OC)c2)C2CCCCC2)c2cccc(OCc3cn(CCOCCOCC(=O)Nc4cccc5c4C(=O)N(C4CCC(=O)NC4=O)C5=O)nn3)c2)cc1OC. The van der Waals surface area contributed by atoms with E-state index in [-0.39, 0.29) is 74.5 Å². The number of ether oxygens (including phenoxy) is 9. The number of imide groups is 2. The number of likely N-dealkylation sites (tertiary alicyclic amines) is 1. The summed E-state index contributed by atoms with van der Waals surface area (Å²) in [5.41, 5.74) is 3.05. The second-order valence-corrected chi connectivity index (χ2v) is 21.3. The number of methoxy groups -OCH3 is 5. The number of carbonyl (C=O) groups is 7. The van der Waals surface area contributed by atoms with E-state index in [0.717, 1.165) is 61.0 Å². The van der Waals surface area contributed by atoms with E-state index in [0.29, 0.717) is 78.1 Å². The van der Waals surface area contributed by atoms with Crippen LogP contribution in [-0.4, -0.2) is 147 Å². The molecule has 2 N–H and O–H groups in total. The Morgan fingerprint density at radius 1 is 0.729 bits per heavy atom. The first-order valence-electron chi connectivity index (χ1n) is 28.8. The van der Waals surface area contributed by atoms with Gasteiger partial charge in [0.1, 0.15) is 42.8 Å². The number of aryl methyl sites for hydroxylation is 1. The molecule has 0 spiro atoms. The average molecular weight is 1170 g/mol. The van der Waals surface area contributed by atoms with Gasteiger partial charge in [0.05, 0.1) is 90.8 Å². The molecule has 4 aromatic carbocycles. The van der Waals surface area contributed by atoms with E-state index in [1.165, 1.54) is 18.2 Å². The van der Waals surface area contributed by atoms with Gasteiger partial charge in [-0.15, -0.1) is 5.10 Å². The number of anilines is 1. The molecule has 0 radical (unpaired) electrons. The zero-order valence-electron chi connectivity index (χ0n) is 48.6. The number of benzene rings is 4. The second kappa shape index (κ2) is 28.8. The number of nitrogens with zero attached hydrogens (tertiary/aromatic N) is 5. The predicted octanol–water partition coefficient (Wildman–Crippen LogP) is 6.94. The van der Waals surface area contributed by atoms with E-state index >= 15 is 4.79 Å². The maximum atomic E-state index is 15.2. The Bertz CT molecular complexity index is 3210. The van der Waals surface area contributed by atoms with E-state index < -0.39 is 59.6 Å². The Hall–Kier alpha value is -8.57. The van der Waals surface area contributed by atoms with Gasteiger partial charge in [-0.3, -0.25) is 39.0 Å². The van der Waals surface area contributed by atoms with Crippen molar-refractivity contribution in [3.05, 3.63) is 113 Å². The molecule has 452 valence electrons. The summed E-state index contributed by atoms with van der Waals surface area (Å²) in [4.78, 5) is 96.2. The van der Waals surface area contributed by atoms with Crippen LogP contribution in [-0.2, 0) is 57.8 Å². The van der Waals surface area contributed by atoms with E-state index in [4.69, 9.17) is 42.6 Å². The topological polar surface area (TPSA) is 264 Å². The molecule has 3 fully saturated rings. The molecule has 23 heteroatoms. The lowest BCUT2D eigenvalue weighted by Gasteiger charge is -2.40. The molecular weight excluding hydrogens is 1100 g/mol. The van der Waals surface area contributed by atoms with E-state index in [1.807, 2.05) is 54.6 Å². The highest BCUT2D eigenvalue weighted by atomic mass is 16.6. The number of hydrogen-bond donors (Lipinski definition) is 2. The van der Waals surface area contributed by atoms with Crippen LogP contribution < -0.4 is 39.1 Å². The number of rotatable bonds is 27. The summed E-state index contributed by atoms with van der Waals surface area (Å²) in [5.74, 6) is -1.25. The normalized spacial score (nSPS) is 17.8. The van der Waals surface area contributed by atoms with Gasteiger partial charge in [-0.2, -0.15) is 0 Å². The molecule has 6 amide bonds. The van der Waals surface area contributed by atoms with Gasteiger partial charge < -0.3 is 52.8 Å². The molecule has 85 heavy (non-hydrogen) atoms. The third-order valence-corrected chi connectivity index (χ3v) is 15.9. The van der Waals surface area contributed by atoms with Crippen LogP contribution >= 0.6 is 0 Å². The van der Waals surface area contributed by atoms with Gasteiger partial charge in [-0.05, 0) is 123 Å². The lowest BCUT2D eigenvalue weighted by molar-refractivity contribution is -0.163. The molecule has 1 aromatic heterocycles. The van der Waals surface area contributed by atoms with Gasteiger partial charge in [0, 0.05) is 13.0 Å². The van der Waals surface area contributed by atoms with Crippen LogP contribution in [0, 0.1) is 5.92 Å². The molecule has 2 saturated heterocycles. The van der Waals surface area contributed by atoms with Gasteiger partial charge in [0.15, 0.2) is 23.0 Å². The summed E-state index contributed by atoms with van der Waals surface area (Å²) >= 11 is 0. The van der Waals surface area contributed by atoms with Crippen LogP contribution in [0.4, 0.5) is 5.69 Å². The quantitative estimate of drug-likeness (QED) is 0.0306. The zero-order valence-corrected chi connectivity index (χ0v) is 48.6. The number of esters is 1. The maximum Gasteiger partial charge on any atom is 0.329 e. The van der Waals surface area contributed by atoms with Gasteiger partial charge in [0.2, 0.25) is 29.4 Å². The molecular formula is C62H73N7O16. The molecule has 4 atom stereocenters. The molecule has 23 nitrogen and oxygen atoms in total. The second-order valence-electron chi connectivity index (χ2n) is 21.3. The van der Waals surface area contributed by atoms with Crippen LogP contribution in [0.15, 0.2) is 79.0 Å². The standard InChI is InChI=1S/C62H73N7O16/c1-77-49-24-21-38(31-50(49)78-2)20-23-48(85-62(76)47-19-9-10-26-68(47)60(74)55(39-13-7-6-8-14-39)41-33-51(79-3)57(81-5)52(34-41)80-4)40-15-11-16-43(32-40)84-36-42-35-67(66-65-42)27-28-82-29-30-83-37-54(71)63-45-18-12-17-44-56(45)61(75)69(59(44)73)46-22-25-53(70)64-58(46)72/h11-12,15-18,21,24,31-35,39,46-48,55H,6-10,13-14,19-20,22-23,25-30,36-37H2,1-5H3,(H,63,71)(H,64,70,72)/t46?,47-,48?,55?/m0/s1. The van der Waals surface area contributed by atoms with Crippen molar-refractivity contribution in [2.75, 3.05) is 73.8 Å². The first kappa shape index (κ1) is 61.0. The Labute approximate surface area is 492 Å². The predicted molar refractivity (Wildman–Crippen MR) is 306 cm³/mol. The Morgan fingerprint density at radius 2 is 1.47 bits per heavy atom. The molecule has 0 bridgehead atoms. The molecule has 5 aromatic rings. The number of amides is 6. The molecule has 3 aliphatic heterocycles. The number of fused-ring (bicyclic) bond motifs is 1. The first-order chi connectivity index (χ1) is 41.3. The summed E-state index contributed by atoms with van der Waals surface area (Å²) in [5, 5.41) is 13.3. The fourth-order valence-corrected chi connectivity index (χ4v) is 11.7. The lowest BCUT2D eigenvalue weighted by atomic mass is 9.75. The van der Waals surface area contributed by atoms with Crippen molar-refractivity contribution in [2.45, 2.75) is 114 Å². The minimum atomic E-state index is -1.14. The summed E-state index contributed by atoms with van der Waals surface area (Å²) in [6.07, 6.45) is 8.76. The minimum Gasteiger partial charge on any atom is -0.493 e. The fourth-order valence-electron chi connectivity index (χ4n) is 11.7. The van der Waals surface area contributed by atoms with Crippen molar-refractivity contribution in [3.8, 4) is 34.5 Å². The van der Waals surface area contributed by atoms with Gasteiger partial charge in [-0.25, -0.2) is 9.48 Å². The van der Waals surface area contributed by atoms with Gasteiger partial charge in [-0.1, -0.05) is 48.7 Å². The van der Waals surface area contributed by atoms with Crippen molar-refractivity contribution in [3.63, 3.8) is 0 Å². The molecule has 1 aliphatic carbocycles. The Morgan fingerprint density at radius 3 is 2.21 bits per heavy atom. The van der Waals surface area contributed by atoms with Crippen LogP contribution in [0.5, 0.6) is 34.5 Å². The number of piperidine rings is 2. The van der Waals surface area contributed by atoms with Gasteiger partial charge in [0.25, 0.3) is 11.8 Å². The molecule has 4 heterocycles. The third kappa shape index (κ3) is 14.5. The average Bonchev–Trinajstić information content (AvgIpc) is 4.33. The smallest absolute Gasteiger partial charge is 0.329 e. The van der Waals surface area contributed by atoms with Crippen molar-refractivity contribution < 1.29 is 76.2 Å². The fraction of sp³-hybridized carbons (Fsp3) is 0.468. The highest BCUT2D eigenvalue weighted by molar-refractivity contribution is 6.26. The van der Waals surface area contributed by atoms with Crippen LogP contribution in [0.25, 0.3) is 0 Å². The van der Waals surface area contributed by atoms with Crippen molar-refractivity contribution in [1.29, 1.82) is 0 Å². The van der Waals surface area contributed by atoms with Crippen LogP contribution in [0.1, 0.15) is 126 Å². The highest BCUT2D eigenvalue weighted by Gasteiger charge is 2.46. The first-order valence-corrected chi connectivity index (χ1v) is 28.8. The monoisotopic (exact) mass is 1170 g/mol. The number of nitrogens with one attached hydrogen (secondary N) is 2. The summed E-state index contributed by atoms with van der Waals surface area (Å²) in [6, 6.07) is 19.3. The minimum absolute atomic E-state index is 0.00689. The number of aromatic nitrogens is 3. The Kier molecular flexibility index (Phi) is 20.7. The molecule has 9 rings (SSSR count).